The fourth-order valence-corrected chi connectivity index (χ4v) is 2.86. The molecule has 0 bridgehead atoms. The van der Waals surface area contributed by atoms with Crippen LogP contribution in [-0.2, 0) is 15.2 Å². The second kappa shape index (κ2) is 6.68. The maximum Gasteiger partial charge on any atom is 0.416 e. The molecule has 2 aromatic rings. The van der Waals surface area contributed by atoms with Crippen LogP contribution < -0.4 is 4.74 Å². The van der Waals surface area contributed by atoms with Gasteiger partial charge in [0.1, 0.15) is 5.75 Å². The number of hydrogen-bond acceptors (Lipinski definition) is 5. The monoisotopic (exact) mass is 417 g/mol. The van der Waals surface area contributed by atoms with Crippen molar-refractivity contribution in [3.8, 4) is 11.5 Å². The van der Waals surface area contributed by atoms with Gasteiger partial charge in [0.25, 0.3) is 14.7 Å². The maximum atomic E-state index is 13.8. The molecular formula is C13H5ClF5NO5S. The largest absolute Gasteiger partial charge is 0.451 e. The van der Waals surface area contributed by atoms with Gasteiger partial charge in [0, 0.05) is 22.8 Å². The number of rotatable bonds is 4. The standard InChI is InChI=1S/C13H5ClF5NO5S/c14-26(23,24)11-5-7(1-2-10(11)20(21)22)25-12-8(15)3-6(4-9(12)16)13(17,18)19/h1-5H. The molecule has 2 aromatic carbocycles. The summed E-state index contributed by atoms with van der Waals surface area (Å²) in [5.41, 5.74) is -2.53. The number of hydrogen-bond donors (Lipinski definition) is 0. The van der Waals surface area contributed by atoms with Crippen LogP contribution in [-0.4, -0.2) is 13.3 Å². The summed E-state index contributed by atoms with van der Waals surface area (Å²) in [6.45, 7) is 0. The van der Waals surface area contributed by atoms with Gasteiger partial charge in [-0.05, 0) is 18.2 Å². The smallest absolute Gasteiger partial charge is 0.416 e. The molecule has 0 radical (unpaired) electrons. The van der Waals surface area contributed by atoms with Gasteiger partial charge in [-0.3, -0.25) is 10.1 Å². The third-order valence-corrected chi connectivity index (χ3v) is 4.29. The number of ether oxygens (including phenoxy) is 1. The van der Waals surface area contributed by atoms with Gasteiger partial charge in [-0.25, -0.2) is 17.2 Å². The van der Waals surface area contributed by atoms with Crippen molar-refractivity contribution in [2.45, 2.75) is 11.1 Å². The van der Waals surface area contributed by atoms with E-state index in [-0.39, 0.29) is 12.1 Å². The molecule has 0 amide bonds. The average molecular weight is 418 g/mol. The molecule has 0 atom stereocenters. The molecule has 0 N–H and O–H groups in total. The lowest BCUT2D eigenvalue weighted by Gasteiger charge is -2.12. The number of alkyl halides is 3. The SMILES string of the molecule is O=[N+]([O-])c1ccc(Oc2c(F)cc(C(F)(F)F)cc2F)cc1S(=O)(=O)Cl. The zero-order valence-corrected chi connectivity index (χ0v) is 13.6. The van der Waals surface area contributed by atoms with E-state index in [1.165, 1.54) is 0 Å². The molecule has 140 valence electrons. The van der Waals surface area contributed by atoms with Gasteiger partial charge in [-0.2, -0.15) is 13.2 Å². The van der Waals surface area contributed by atoms with Gasteiger partial charge in [0.05, 0.1) is 10.5 Å². The normalized spacial score (nSPS) is 12.1. The van der Waals surface area contributed by atoms with Gasteiger partial charge in [-0.15, -0.1) is 0 Å². The van der Waals surface area contributed by atoms with E-state index in [0.717, 1.165) is 6.07 Å². The van der Waals surface area contributed by atoms with E-state index in [9.17, 15) is 40.5 Å². The van der Waals surface area contributed by atoms with Crippen LogP contribution in [0.5, 0.6) is 11.5 Å². The Hall–Kier alpha value is -2.47. The van der Waals surface area contributed by atoms with Crippen LogP contribution in [0.25, 0.3) is 0 Å². The molecule has 0 unspecified atom stereocenters. The van der Waals surface area contributed by atoms with Crippen molar-refractivity contribution in [1.29, 1.82) is 0 Å². The first-order valence-corrected chi connectivity index (χ1v) is 8.59. The van der Waals surface area contributed by atoms with Crippen molar-refractivity contribution in [1.82, 2.24) is 0 Å². The quantitative estimate of drug-likeness (QED) is 0.314. The number of nitrogens with zero attached hydrogens (tertiary/aromatic N) is 1. The zero-order valence-electron chi connectivity index (χ0n) is 12.1. The fraction of sp³-hybridized carbons (Fsp3) is 0.0769. The molecule has 0 aliphatic rings. The van der Waals surface area contributed by atoms with Crippen molar-refractivity contribution < 1.29 is 40.0 Å². The molecule has 0 spiro atoms. The van der Waals surface area contributed by atoms with E-state index < -0.39 is 59.4 Å². The molecule has 0 aromatic heterocycles. The zero-order chi connectivity index (χ0) is 19.9. The Morgan fingerprint density at radius 1 is 1.08 bits per heavy atom. The highest BCUT2D eigenvalue weighted by Crippen LogP contribution is 2.37. The lowest BCUT2D eigenvalue weighted by atomic mass is 10.2. The number of halogens is 6. The summed E-state index contributed by atoms with van der Waals surface area (Å²) in [7, 11) is 0.430. The summed E-state index contributed by atoms with van der Waals surface area (Å²) in [5.74, 6) is -5.30. The fourth-order valence-electron chi connectivity index (χ4n) is 1.84. The Kier molecular flexibility index (Phi) is 5.10. The van der Waals surface area contributed by atoms with Gasteiger partial charge < -0.3 is 4.74 Å². The molecular weight excluding hydrogens is 413 g/mol. The van der Waals surface area contributed by atoms with E-state index in [2.05, 4.69) is 0 Å². The van der Waals surface area contributed by atoms with Crippen LogP contribution in [0.2, 0.25) is 0 Å². The van der Waals surface area contributed by atoms with Crippen LogP contribution in [0.1, 0.15) is 5.56 Å². The van der Waals surface area contributed by atoms with Crippen molar-refractivity contribution in [2.75, 3.05) is 0 Å². The lowest BCUT2D eigenvalue weighted by Crippen LogP contribution is -2.07. The molecule has 0 aliphatic heterocycles. The minimum Gasteiger partial charge on any atom is -0.451 e. The summed E-state index contributed by atoms with van der Waals surface area (Å²) >= 11 is 0. The van der Waals surface area contributed by atoms with Gasteiger partial charge in [-0.1, -0.05) is 0 Å². The highest BCUT2D eigenvalue weighted by atomic mass is 35.7. The Bertz CT molecular complexity index is 970. The van der Waals surface area contributed by atoms with Gasteiger partial charge >= 0.3 is 6.18 Å². The summed E-state index contributed by atoms with van der Waals surface area (Å²) < 4.78 is 92.5. The molecule has 0 fully saturated rings. The van der Waals surface area contributed by atoms with Crippen LogP contribution in [0.15, 0.2) is 35.2 Å². The molecule has 26 heavy (non-hydrogen) atoms. The average Bonchev–Trinajstić information content (AvgIpc) is 2.48. The summed E-state index contributed by atoms with van der Waals surface area (Å²) in [6.07, 6.45) is -5.01. The van der Waals surface area contributed by atoms with Crippen molar-refractivity contribution in [3.05, 3.63) is 57.6 Å². The Balaban J connectivity index is 2.52. The van der Waals surface area contributed by atoms with Gasteiger partial charge in [0.2, 0.25) is 0 Å². The first-order valence-electron chi connectivity index (χ1n) is 6.28. The first kappa shape index (κ1) is 19.8. The van der Waals surface area contributed by atoms with Crippen LogP contribution in [0.4, 0.5) is 27.6 Å². The molecule has 6 nitrogen and oxygen atoms in total. The topological polar surface area (TPSA) is 86.5 Å². The van der Waals surface area contributed by atoms with Crippen LogP contribution >= 0.6 is 10.7 Å². The third kappa shape index (κ3) is 4.19. The third-order valence-electron chi connectivity index (χ3n) is 2.94. The predicted octanol–water partition coefficient (Wildman–Crippen LogP) is 4.61. The first-order chi connectivity index (χ1) is 11.8. The van der Waals surface area contributed by atoms with Crippen molar-refractivity contribution >= 4 is 25.4 Å². The minimum absolute atomic E-state index is 0.0248. The van der Waals surface area contributed by atoms with Crippen molar-refractivity contribution in [3.63, 3.8) is 0 Å². The second-order valence-electron chi connectivity index (χ2n) is 4.69. The number of nitro groups is 1. The summed E-state index contributed by atoms with van der Waals surface area (Å²) in [5, 5.41) is 10.8. The van der Waals surface area contributed by atoms with Crippen LogP contribution in [0.3, 0.4) is 0 Å². The summed E-state index contributed by atoms with van der Waals surface area (Å²) in [4.78, 5) is 8.70. The predicted molar refractivity (Wildman–Crippen MR) is 77.6 cm³/mol. The molecule has 0 heterocycles. The van der Waals surface area contributed by atoms with Crippen molar-refractivity contribution in [2.24, 2.45) is 0 Å². The number of benzene rings is 2. The van der Waals surface area contributed by atoms with E-state index >= 15 is 0 Å². The van der Waals surface area contributed by atoms with E-state index in [0.29, 0.717) is 12.1 Å². The maximum absolute atomic E-state index is 13.8. The molecule has 13 heteroatoms. The Morgan fingerprint density at radius 2 is 1.62 bits per heavy atom. The van der Waals surface area contributed by atoms with Gasteiger partial charge in [0.15, 0.2) is 22.3 Å². The second-order valence-corrected chi connectivity index (χ2v) is 7.23. The molecule has 0 saturated carbocycles. The van der Waals surface area contributed by atoms with E-state index in [4.69, 9.17) is 15.4 Å². The molecule has 0 saturated heterocycles. The molecule has 2 rings (SSSR count). The highest BCUT2D eigenvalue weighted by Gasteiger charge is 2.33. The number of nitro benzene ring substituents is 1. The highest BCUT2D eigenvalue weighted by molar-refractivity contribution is 8.13. The Labute approximate surface area is 146 Å². The summed E-state index contributed by atoms with van der Waals surface area (Å²) in [6, 6.07) is 1.90. The lowest BCUT2D eigenvalue weighted by molar-refractivity contribution is -0.387. The van der Waals surface area contributed by atoms with E-state index in [1.54, 1.807) is 0 Å². The molecule has 0 aliphatic carbocycles. The van der Waals surface area contributed by atoms with E-state index in [1.807, 2.05) is 0 Å². The minimum atomic E-state index is -5.01. The Morgan fingerprint density at radius 3 is 2.04 bits per heavy atom. The van der Waals surface area contributed by atoms with Crippen LogP contribution in [0, 0.1) is 21.7 Å².